The number of benzene rings is 1. The van der Waals surface area contributed by atoms with Crippen LogP contribution in [-0.2, 0) is 16.6 Å². The van der Waals surface area contributed by atoms with Crippen molar-refractivity contribution in [1.29, 1.82) is 0 Å². The quantitative estimate of drug-likeness (QED) is 0.621. The summed E-state index contributed by atoms with van der Waals surface area (Å²) in [5, 5.41) is 16.7. The van der Waals surface area contributed by atoms with Crippen molar-refractivity contribution in [2.45, 2.75) is 11.4 Å². The van der Waals surface area contributed by atoms with Crippen LogP contribution in [0.5, 0.6) is 0 Å². The lowest BCUT2D eigenvalue weighted by Gasteiger charge is -2.05. The normalized spacial score (nSPS) is 11.4. The Morgan fingerprint density at radius 3 is 2.74 bits per heavy atom. The molecule has 0 spiro atoms. The number of aromatic nitrogens is 2. The molecule has 0 atom stereocenters. The number of nitrogens with zero attached hydrogens (tertiary/aromatic N) is 2. The summed E-state index contributed by atoms with van der Waals surface area (Å²) in [6, 6.07) is 5.94. The highest BCUT2D eigenvalue weighted by atomic mass is 32.2. The second-order valence-corrected chi connectivity index (χ2v) is 5.41. The van der Waals surface area contributed by atoms with Crippen LogP contribution in [0.4, 0.5) is 5.69 Å². The highest BCUT2D eigenvalue weighted by Crippen LogP contribution is 2.18. The molecule has 1 aromatic heterocycles. The third kappa shape index (κ3) is 2.95. The van der Waals surface area contributed by atoms with Crippen LogP contribution in [0.3, 0.4) is 0 Å². The SMILES string of the molecule is O=[N+]([O-])c1ccccc1CNS(=O)(=O)c1cn[nH]c1. The van der Waals surface area contributed by atoms with E-state index in [1.165, 1.54) is 24.4 Å². The van der Waals surface area contributed by atoms with Gasteiger partial charge >= 0.3 is 0 Å². The van der Waals surface area contributed by atoms with Gasteiger partial charge < -0.3 is 0 Å². The average Bonchev–Trinajstić information content (AvgIpc) is 2.91. The Kier molecular flexibility index (Phi) is 3.58. The number of hydrogen-bond acceptors (Lipinski definition) is 5. The Morgan fingerprint density at radius 2 is 2.11 bits per heavy atom. The van der Waals surface area contributed by atoms with Gasteiger partial charge in [-0.1, -0.05) is 18.2 Å². The molecule has 9 heteroatoms. The molecule has 100 valence electrons. The Morgan fingerprint density at radius 1 is 1.37 bits per heavy atom. The molecule has 0 aliphatic carbocycles. The topological polar surface area (TPSA) is 118 Å². The van der Waals surface area contributed by atoms with E-state index in [-0.39, 0.29) is 17.1 Å². The summed E-state index contributed by atoms with van der Waals surface area (Å²) in [6.45, 7) is -0.162. The minimum atomic E-state index is -3.72. The van der Waals surface area contributed by atoms with Crippen molar-refractivity contribution >= 4 is 15.7 Å². The number of sulfonamides is 1. The van der Waals surface area contributed by atoms with Crippen LogP contribution in [0.2, 0.25) is 0 Å². The third-order valence-corrected chi connectivity index (χ3v) is 3.79. The Labute approximate surface area is 108 Å². The molecule has 8 nitrogen and oxygen atoms in total. The van der Waals surface area contributed by atoms with Gasteiger partial charge in [0, 0.05) is 24.4 Å². The van der Waals surface area contributed by atoms with Gasteiger partial charge in [0.25, 0.3) is 5.69 Å². The molecular weight excluding hydrogens is 272 g/mol. The highest BCUT2D eigenvalue weighted by molar-refractivity contribution is 7.89. The fourth-order valence-corrected chi connectivity index (χ4v) is 2.39. The fraction of sp³-hybridized carbons (Fsp3) is 0.100. The van der Waals surface area contributed by atoms with Crippen LogP contribution < -0.4 is 4.72 Å². The second-order valence-electron chi connectivity index (χ2n) is 3.64. The molecule has 19 heavy (non-hydrogen) atoms. The lowest BCUT2D eigenvalue weighted by molar-refractivity contribution is -0.385. The Bertz CT molecular complexity index is 681. The molecule has 0 bridgehead atoms. The molecule has 0 amide bonds. The maximum atomic E-state index is 11.8. The van der Waals surface area contributed by atoms with Crippen molar-refractivity contribution in [1.82, 2.24) is 14.9 Å². The van der Waals surface area contributed by atoms with E-state index in [0.29, 0.717) is 5.56 Å². The first-order chi connectivity index (χ1) is 9.00. The largest absolute Gasteiger partial charge is 0.284 e. The van der Waals surface area contributed by atoms with E-state index in [9.17, 15) is 18.5 Å². The van der Waals surface area contributed by atoms with Crippen LogP contribution in [-0.4, -0.2) is 23.5 Å². The van der Waals surface area contributed by atoms with Gasteiger partial charge in [-0.2, -0.15) is 5.10 Å². The lowest BCUT2D eigenvalue weighted by Crippen LogP contribution is -2.23. The molecule has 0 unspecified atom stereocenters. The minimum absolute atomic E-state index is 0.0221. The van der Waals surface area contributed by atoms with E-state index in [2.05, 4.69) is 14.9 Å². The number of nitrogens with one attached hydrogen (secondary N) is 2. The van der Waals surface area contributed by atoms with Gasteiger partial charge in [-0.15, -0.1) is 0 Å². The van der Waals surface area contributed by atoms with Crippen molar-refractivity contribution in [2.75, 3.05) is 0 Å². The predicted molar refractivity (Wildman–Crippen MR) is 65.7 cm³/mol. The summed E-state index contributed by atoms with van der Waals surface area (Å²) < 4.78 is 25.9. The molecule has 0 saturated carbocycles. The summed E-state index contributed by atoms with van der Waals surface area (Å²) in [5.74, 6) is 0. The lowest BCUT2D eigenvalue weighted by atomic mass is 10.2. The van der Waals surface area contributed by atoms with Gasteiger partial charge in [0.1, 0.15) is 4.90 Å². The fourth-order valence-electron chi connectivity index (χ4n) is 1.48. The van der Waals surface area contributed by atoms with E-state index in [4.69, 9.17) is 0 Å². The van der Waals surface area contributed by atoms with E-state index < -0.39 is 14.9 Å². The van der Waals surface area contributed by atoms with Crippen LogP contribution >= 0.6 is 0 Å². The van der Waals surface area contributed by atoms with Crippen LogP contribution in [0.15, 0.2) is 41.6 Å². The molecule has 1 heterocycles. The maximum Gasteiger partial charge on any atom is 0.273 e. The van der Waals surface area contributed by atoms with E-state index in [1.807, 2.05) is 0 Å². The first-order valence-electron chi connectivity index (χ1n) is 5.21. The number of hydrogen-bond donors (Lipinski definition) is 2. The zero-order valence-electron chi connectivity index (χ0n) is 9.61. The molecule has 0 radical (unpaired) electrons. The predicted octanol–water partition coefficient (Wildman–Crippen LogP) is 0.796. The number of nitro groups is 1. The Balaban J connectivity index is 2.18. The molecule has 2 N–H and O–H groups in total. The van der Waals surface area contributed by atoms with Gasteiger partial charge in [-0.05, 0) is 0 Å². The maximum absolute atomic E-state index is 11.8. The van der Waals surface area contributed by atoms with Gasteiger partial charge in [0.15, 0.2) is 0 Å². The number of rotatable bonds is 5. The summed E-state index contributed by atoms with van der Waals surface area (Å²) in [4.78, 5) is 10.2. The van der Waals surface area contributed by atoms with Gasteiger partial charge in [-0.25, -0.2) is 13.1 Å². The molecule has 0 fully saturated rings. The van der Waals surface area contributed by atoms with E-state index in [1.54, 1.807) is 6.07 Å². The average molecular weight is 282 g/mol. The van der Waals surface area contributed by atoms with Crippen LogP contribution in [0, 0.1) is 10.1 Å². The van der Waals surface area contributed by atoms with Gasteiger partial charge in [0.2, 0.25) is 10.0 Å². The zero-order chi connectivity index (χ0) is 13.9. The summed E-state index contributed by atoms with van der Waals surface area (Å²) in [7, 11) is -3.72. The van der Waals surface area contributed by atoms with Crippen molar-refractivity contribution in [3.8, 4) is 0 Å². The molecule has 2 rings (SSSR count). The third-order valence-electron chi connectivity index (χ3n) is 2.42. The number of aromatic amines is 1. The molecule has 1 aromatic carbocycles. The summed E-state index contributed by atoms with van der Waals surface area (Å²) >= 11 is 0. The van der Waals surface area contributed by atoms with Gasteiger partial charge in [0.05, 0.1) is 11.1 Å². The number of nitro benzene ring substituents is 1. The summed E-state index contributed by atoms with van der Waals surface area (Å²) in [6.07, 6.45) is 2.38. The Hall–Kier alpha value is -2.26. The van der Waals surface area contributed by atoms with Gasteiger partial charge in [-0.3, -0.25) is 15.2 Å². The molecule has 0 aliphatic heterocycles. The first kappa shape index (κ1) is 13.2. The number of H-pyrrole nitrogens is 1. The first-order valence-corrected chi connectivity index (χ1v) is 6.70. The molecule has 2 aromatic rings. The van der Waals surface area contributed by atoms with E-state index in [0.717, 1.165) is 6.20 Å². The van der Waals surface area contributed by atoms with Crippen molar-refractivity contribution in [3.63, 3.8) is 0 Å². The molecule has 0 aliphatic rings. The molecular formula is C10H10N4O4S. The van der Waals surface area contributed by atoms with E-state index >= 15 is 0 Å². The van der Waals surface area contributed by atoms with Crippen molar-refractivity contribution in [3.05, 3.63) is 52.3 Å². The number of para-hydroxylation sites is 1. The highest BCUT2D eigenvalue weighted by Gasteiger charge is 2.18. The molecule has 0 saturated heterocycles. The summed E-state index contributed by atoms with van der Waals surface area (Å²) in [5.41, 5.74) is 0.164. The monoisotopic (exact) mass is 282 g/mol. The second kappa shape index (κ2) is 5.16. The standard InChI is InChI=1S/C10H10N4O4S/c15-14(16)10-4-2-1-3-8(10)5-13-19(17,18)9-6-11-12-7-9/h1-4,6-7,13H,5H2,(H,11,12). The van der Waals surface area contributed by atoms with Crippen LogP contribution in [0.1, 0.15) is 5.56 Å². The zero-order valence-corrected chi connectivity index (χ0v) is 10.4. The van der Waals surface area contributed by atoms with Crippen LogP contribution in [0.25, 0.3) is 0 Å². The smallest absolute Gasteiger partial charge is 0.273 e. The van der Waals surface area contributed by atoms with Crippen molar-refractivity contribution < 1.29 is 13.3 Å². The van der Waals surface area contributed by atoms with Crippen molar-refractivity contribution in [2.24, 2.45) is 0 Å². The minimum Gasteiger partial charge on any atom is -0.284 e.